The molecule has 6 heteroatoms. The smallest absolute Gasteiger partial charge is 0.243 e. The van der Waals surface area contributed by atoms with Crippen LogP contribution in [-0.2, 0) is 14.8 Å². The second-order valence-corrected chi connectivity index (χ2v) is 7.43. The lowest BCUT2D eigenvalue weighted by molar-refractivity contribution is 0.0184. The summed E-state index contributed by atoms with van der Waals surface area (Å²) in [5.41, 5.74) is 0.407. The monoisotopic (exact) mass is 311 g/mol. The second-order valence-electron chi connectivity index (χ2n) is 5.49. The number of hydrogen-bond acceptors (Lipinski definition) is 4. The first kappa shape index (κ1) is 16.1. The molecule has 0 bridgehead atoms. The van der Waals surface area contributed by atoms with Crippen molar-refractivity contribution in [2.45, 2.75) is 31.3 Å². The van der Waals surface area contributed by atoms with Crippen LogP contribution in [0.15, 0.2) is 29.2 Å². The van der Waals surface area contributed by atoms with Gasteiger partial charge in [0.15, 0.2) is 5.78 Å². The van der Waals surface area contributed by atoms with E-state index >= 15 is 0 Å². The number of ketones is 1. The molecule has 1 aromatic rings. The maximum Gasteiger partial charge on any atom is 0.243 e. The van der Waals surface area contributed by atoms with Gasteiger partial charge < -0.3 is 4.74 Å². The Balaban J connectivity index is 2.30. The van der Waals surface area contributed by atoms with Gasteiger partial charge in [-0.2, -0.15) is 4.31 Å². The summed E-state index contributed by atoms with van der Waals surface area (Å²) in [6.07, 6.45) is 0.675. The van der Waals surface area contributed by atoms with Gasteiger partial charge in [-0.25, -0.2) is 8.42 Å². The fourth-order valence-electron chi connectivity index (χ4n) is 2.56. The molecule has 2 atom stereocenters. The number of piperidine rings is 1. The van der Waals surface area contributed by atoms with Crippen LogP contribution in [0.2, 0.25) is 0 Å². The van der Waals surface area contributed by atoms with Crippen LogP contribution in [0.1, 0.15) is 30.6 Å². The third-order valence-electron chi connectivity index (χ3n) is 4.03. The lowest BCUT2D eigenvalue weighted by atomic mass is 9.97. The summed E-state index contributed by atoms with van der Waals surface area (Å²) in [5.74, 6) is 0.194. The summed E-state index contributed by atoms with van der Waals surface area (Å²) in [4.78, 5) is 11.6. The number of carbonyl (C=O) groups is 1. The molecular formula is C15H21NO4S. The molecule has 1 aliphatic rings. The molecule has 116 valence electrons. The van der Waals surface area contributed by atoms with Gasteiger partial charge in [-0.3, -0.25) is 4.79 Å². The highest BCUT2D eigenvalue weighted by Gasteiger charge is 2.33. The highest BCUT2D eigenvalue weighted by molar-refractivity contribution is 7.89. The zero-order valence-corrected chi connectivity index (χ0v) is 13.4. The Bertz CT molecular complexity index is 626. The average Bonchev–Trinajstić information content (AvgIpc) is 2.47. The number of hydrogen-bond donors (Lipinski definition) is 0. The maximum atomic E-state index is 12.7. The first-order valence-corrected chi connectivity index (χ1v) is 8.44. The number of benzene rings is 1. The summed E-state index contributed by atoms with van der Waals surface area (Å²) in [6, 6.07) is 6.20. The van der Waals surface area contributed by atoms with E-state index < -0.39 is 10.0 Å². The topological polar surface area (TPSA) is 63.7 Å². The van der Waals surface area contributed by atoms with Crippen LogP contribution in [0.3, 0.4) is 0 Å². The first-order valence-electron chi connectivity index (χ1n) is 7.00. The van der Waals surface area contributed by atoms with Crippen molar-refractivity contribution in [3.05, 3.63) is 29.8 Å². The van der Waals surface area contributed by atoms with Crippen LogP contribution in [0.5, 0.6) is 0 Å². The minimum atomic E-state index is -3.58. The Morgan fingerprint density at radius 1 is 1.38 bits per heavy atom. The fraction of sp³-hybridized carbons (Fsp3) is 0.533. The molecule has 0 aliphatic carbocycles. The molecule has 1 aliphatic heterocycles. The van der Waals surface area contributed by atoms with Crippen LogP contribution in [0.4, 0.5) is 0 Å². The Labute approximate surface area is 126 Å². The van der Waals surface area contributed by atoms with E-state index in [1.54, 1.807) is 19.2 Å². The van der Waals surface area contributed by atoms with Crippen LogP contribution >= 0.6 is 0 Å². The normalized spacial score (nSPS) is 24.0. The molecule has 1 saturated heterocycles. The second kappa shape index (κ2) is 6.25. The predicted octanol–water partition coefficient (Wildman–Crippen LogP) is 1.93. The molecule has 2 rings (SSSR count). The molecule has 0 aromatic heterocycles. The maximum absolute atomic E-state index is 12.7. The van der Waals surface area contributed by atoms with Crippen molar-refractivity contribution >= 4 is 15.8 Å². The number of rotatable bonds is 4. The van der Waals surface area contributed by atoms with Crippen LogP contribution in [0, 0.1) is 5.92 Å². The third-order valence-corrected chi connectivity index (χ3v) is 5.89. The molecule has 0 spiro atoms. The van der Waals surface area contributed by atoms with Crippen molar-refractivity contribution in [1.82, 2.24) is 4.31 Å². The molecule has 1 heterocycles. The summed E-state index contributed by atoms with van der Waals surface area (Å²) >= 11 is 0. The van der Waals surface area contributed by atoms with Crippen molar-refractivity contribution in [3.8, 4) is 0 Å². The standard InChI is InChI=1S/C15H21NO4S/c1-11-7-8-16(10-15(11)20-3)21(18,19)14-6-4-5-13(9-14)12(2)17/h4-6,9,11,15H,7-8,10H2,1-3H3. The Morgan fingerprint density at radius 2 is 2.10 bits per heavy atom. The molecule has 0 amide bonds. The van der Waals surface area contributed by atoms with E-state index in [0.29, 0.717) is 24.6 Å². The highest BCUT2D eigenvalue weighted by atomic mass is 32.2. The van der Waals surface area contributed by atoms with E-state index in [4.69, 9.17) is 4.74 Å². The van der Waals surface area contributed by atoms with Crippen molar-refractivity contribution in [2.75, 3.05) is 20.2 Å². The van der Waals surface area contributed by atoms with Crippen molar-refractivity contribution < 1.29 is 17.9 Å². The SMILES string of the molecule is COC1CN(S(=O)(=O)c2cccc(C(C)=O)c2)CCC1C. The van der Waals surface area contributed by atoms with Crippen LogP contribution in [-0.4, -0.2) is 44.8 Å². The third kappa shape index (κ3) is 3.33. The summed E-state index contributed by atoms with van der Waals surface area (Å²) in [7, 11) is -1.98. The number of Topliss-reactive ketones (excluding diaryl/α,β-unsaturated/α-hetero) is 1. The van der Waals surface area contributed by atoms with Crippen LogP contribution < -0.4 is 0 Å². The lowest BCUT2D eigenvalue weighted by Crippen LogP contribution is -2.46. The van der Waals surface area contributed by atoms with Gasteiger partial charge in [-0.1, -0.05) is 19.1 Å². The van der Waals surface area contributed by atoms with Crippen molar-refractivity contribution in [3.63, 3.8) is 0 Å². The first-order chi connectivity index (χ1) is 9.86. The van der Waals surface area contributed by atoms with Gasteiger partial charge in [0.2, 0.25) is 10.0 Å². The Morgan fingerprint density at radius 3 is 2.71 bits per heavy atom. The molecule has 21 heavy (non-hydrogen) atoms. The van der Waals surface area contributed by atoms with Gasteiger partial charge in [0.05, 0.1) is 11.0 Å². The summed E-state index contributed by atoms with van der Waals surface area (Å²) < 4.78 is 32.2. The van der Waals surface area contributed by atoms with E-state index in [-0.39, 0.29) is 16.8 Å². The van der Waals surface area contributed by atoms with Crippen molar-refractivity contribution in [2.24, 2.45) is 5.92 Å². The minimum Gasteiger partial charge on any atom is -0.380 e. The number of methoxy groups -OCH3 is 1. The van der Waals surface area contributed by atoms with E-state index in [2.05, 4.69) is 6.92 Å². The predicted molar refractivity (Wildman–Crippen MR) is 79.8 cm³/mol. The zero-order chi connectivity index (χ0) is 15.6. The average molecular weight is 311 g/mol. The molecule has 1 aromatic carbocycles. The quantitative estimate of drug-likeness (QED) is 0.797. The fourth-order valence-corrected chi connectivity index (χ4v) is 4.07. The molecular weight excluding hydrogens is 290 g/mol. The summed E-state index contributed by atoms with van der Waals surface area (Å²) in [5, 5.41) is 0. The van der Waals surface area contributed by atoms with Gasteiger partial charge in [0, 0.05) is 25.8 Å². The number of sulfonamides is 1. The van der Waals surface area contributed by atoms with E-state index in [1.165, 1.54) is 23.4 Å². The van der Waals surface area contributed by atoms with Crippen LogP contribution in [0.25, 0.3) is 0 Å². The molecule has 0 saturated carbocycles. The van der Waals surface area contributed by atoms with E-state index in [9.17, 15) is 13.2 Å². The van der Waals surface area contributed by atoms with Gasteiger partial charge in [-0.05, 0) is 31.4 Å². The van der Waals surface area contributed by atoms with Gasteiger partial charge in [-0.15, -0.1) is 0 Å². The molecule has 5 nitrogen and oxygen atoms in total. The minimum absolute atomic E-state index is 0.0930. The van der Waals surface area contributed by atoms with Gasteiger partial charge >= 0.3 is 0 Å². The molecule has 0 radical (unpaired) electrons. The number of carbonyl (C=O) groups excluding carboxylic acids is 1. The molecule has 2 unspecified atom stereocenters. The van der Waals surface area contributed by atoms with E-state index in [1.807, 2.05) is 0 Å². The molecule has 1 fully saturated rings. The zero-order valence-electron chi connectivity index (χ0n) is 12.6. The molecule has 0 N–H and O–H groups in total. The Hall–Kier alpha value is -1.24. The number of nitrogens with zero attached hydrogens (tertiary/aromatic N) is 1. The van der Waals surface area contributed by atoms with Gasteiger partial charge in [0.1, 0.15) is 0 Å². The number of ether oxygens (including phenoxy) is 1. The summed E-state index contributed by atoms with van der Waals surface area (Å²) in [6.45, 7) is 4.32. The van der Waals surface area contributed by atoms with E-state index in [0.717, 1.165) is 6.42 Å². The highest BCUT2D eigenvalue weighted by Crippen LogP contribution is 2.25. The Kier molecular flexibility index (Phi) is 4.81. The van der Waals surface area contributed by atoms with Crippen molar-refractivity contribution in [1.29, 1.82) is 0 Å². The lowest BCUT2D eigenvalue weighted by Gasteiger charge is -2.35. The largest absolute Gasteiger partial charge is 0.380 e. The van der Waals surface area contributed by atoms with Gasteiger partial charge in [0.25, 0.3) is 0 Å².